The number of carbonyl (C=O) groups is 1. The van der Waals surface area contributed by atoms with E-state index < -0.39 is 13.0 Å². The van der Waals surface area contributed by atoms with Gasteiger partial charge in [0.15, 0.2) is 0 Å². The Morgan fingerprint density at radius 3 is 2.36 bits per heavy atom. The standard InChI is InChI=1S/C9H16BrF2NO/c1-7(2)5-9(14)13(4-3-10)6-8(11)12/h7-8H,3-6H2,1-2H3. The maximum Gasteiger partial charge on any atom is 0.255 e. The highest BCUT2D eigenvalue weighted by atomic mass is 79.9. The van der Waals surface area contributed by atoms with E-state index in [1.54, 1.807) is 0 Å². The highest BCUT2D eigenvalue weighted by Crippen LogP contribution is 2.07. The van der Waals surface area contributed by atoms with Crippen molar-refractivity contribution in [3.63, 3.8) is 0 Å². The van der Waals surface area contributed by atoms with Crippen molar-refractivity contribution >= 4 is 21.8 Å². The molecule has 0 aromatic rings. The second-order valence-corrected chi connectivity index (χ2v) is 4.31. The average Bonchev–Trinajstić information content (AvgIpc) is 2.01. The fourth-order valence-electron chi connectivity index (χ4n) is 1.06. The fraction of sp³-hybridized carbons (Fsp3) is 0.889. The van der Waals surface area contributed by atoms with Crippen molar-refractivity contribution in [2.24, 2.45) is 5.92 Å². The summed E-state index contributed by atoms with van der Waals surface area (Å²) in [5.41, 5.74) is 0. The molecule has 0 aromatic heterocycles. The zero-order chi connectivity index (χ0) is 11.1. The summed E-state index contributed by atoms with van der Waals surface area (Å²) in [5.74, 6) is 0.0118. The van der Waals surface area contributed by atoms with Gasteiger partial charge in [-0.3, -0.25) is 4.79 Å². The molecule has 0 aromatic carbocycles. The van der Waals surface area contributed by atoms with Crippen LogP contribution in [0.3, 0.4) is 0 Å². The molecule has 0 saturated heterocycles. The molecule has 0 rings (SSSR count). The normalized spacial score (nSPS) is 11.1. The third kappa shape index (κ3) is 6.29. The minimum Gasteiger partial charge on any atom is -0.336 e. The van der Waals surface area contributed by atoms with Crippen LogP contribution in [-0.2, 0) is 4.79 Å². The van der Waals surface area contributed by atoms with E-state index in [-0.39, 0.29) is 11.8 Å². The first kappa shape index (κ1) is 13.8. The van der Waals surface area contributed by atoms with Crippen LogP contribution in [0.15, 0.2) is 0 Å². The minimum atomic E-state index is -2.45. The van der Waals surface area contributed by atoms with Crippen molar-refractivity contribution < 1.29 is 13.6 Å². The molecule has 0 fully saturated rings. The van der Waals surface area contributed by atoms with Gasteiger partial charge in [0.05, 0.1) is 6.54 Å². The van der Waals surface area contributed by atoms with Gasteiger partial charge in [-0.15, -0.1) is 0 Å². The van der Waals surface area contributed by atoms with Gasteiger partial charge in [0.1, 0.15) is 0 Å². The molecule has 0 heterocycles. The lowest BCUT2D eigenvalue weighted by molar-refractivity contribution is -0.133. The topological polar surface area (TPSA) is 20.3 Å². The zero-order valence-electron chi connectivity index (χ0n) is 8.47. The lowest BCUT2D eigenvalue weighted by atomic mass is 10.1. The Balaban J connectivity index is 4.10. The van der Waals surface area contributed by atoms with Gasteiger partial charge in [0, 0.05) is 18.3 Å². The third-order valence-corrected chi connectivity index (χ3v) is 2.00. The number of rotatable bonds is 6. The number of halogens is 3. The van der Waals surface area contributed by atoms with E-state index >= 15 is 0 Å². The van der Waals surface area contributed by atoms with Gasteiger partial charge in [0.2, 0.25) is 5.91 Å². The molecule has 14 heavy (non-hydrogen) atoms. The van der Waals surface area contributed by atoms with Crippen LogP contribution in [0.5, 0.6) is 0 Å². The van der Waals surface area contributed by atoms with Crippen molar-refractivity contribution in [1.29, 1.82) is 0 Å². The van der Waals surface area contributed by atoms with E-state index in [0.29, 0.717) is 18.3 Å². The number of hydrogen-bond acceptors (Lipinski definition) is 1. The molecular weight excluding hydrogens is 256 g/mol. The van der Waals surface area contributed by atoms with Crippen LogP contribution in [0.4, 0.5) is 8.78 Å². The van der Waals surface area contributed by atoms with Crippen LogP contribution < -0.4 is 0 Å². The number of carbonyl (C=O) groups excluding carboxylic acids is 1. The number of hydrogen-bond donors (Lipinski definition) is 0. The van der Waals surface area contributed by atoms with Crippen LogP contribution in [0.25, 0.3) is 0 Å². The zero-order valence-corrected chi connectivity index (χ0v) is 10.1. The van der Waals surface area contributed by atoms with Crippen molar-refractivity contribution in [3.05, 3.63) is 0 Å². The van der Waals surface area contributed by atoms with Crippen molar-refractivity contribution in [2.75, 3.05) is 18.4 Å². The van der Waals surface area contributed by atoms with E-state index in [0.717, 1.165) is 0 Å². The predicted octanol–water partition coefficient (Wildman–Crippen LogP) is 2.52. The van der Waals surface area contributed by atoms with Gasteiger partial charge in [0.25, 0.3) is 6.43 Å². The molecule has 0 aliphatic carbocycles. The smallest absolute Gasteiger partial charge is 0.255 e. The third-order valence-electron chi connectivity index (χ3n) is 1.65. The summed E-state index contributed by atoms with van der Waals surface area (Å²) in [7, 11) is 0. The maximum atomic E-state index is 12.1. The highest BCUT2D eigenvalue weighted by Gasteiger charge is 2.17. The summed E-state index contributed by atoms with van der Waals surface area (Å²) in [6, 6.07) is 0. The number of amides is 1. The van der Waals surface area contributed by atoms with Gasteiger partial charge in [-0.2, -0.15) is 0 Å². The quantitative estimate of drug-likeness (QED) is 0.680. The molecule has 0 bridgehead atoms. The minimum absolute atomic E-state index is 0.195. The molecule has 0 atom stereocenters. The molecule has 2 nitrogen and oxygen atoms in total. The summed E-state index contributed by atoms with van der Waals surface area (Å²) >= 11 is 3.14. The van der Waals surface area contributed by atoms with Gasteiger partial charge in [-0.1, -0.05) is 29.8 Å². The first-order chi connectivity index (χ1) is 6.47. The monoisotopic (exact) mass is 271 g/mol. The number of alkyl halides is 3. The van der Waals surface area contributed by atoms with E-state index in [9.17, 15) is 13.6 Å². The lowest BCUT2D eigenvalue weighted by Gasteiger charge is -2.22. The summed E-state index contributed by atoms with van der Waals surface area (Å²) in [6.45, 7) is 3.67. The van der Waals surface area contributed by atoms with Crippen molar-refractivity contribution in [3.8, 4) is 0 Å². The first-order valence-electron chi connectivity index (χ1n) is 4.59. The molecule has 0 aliphatic heterocycles. The predicted molar refractivity (Wildman–Crippen MR) is 55.8 cm³/mol. The Morgan fingerprint density at radius 2 is 2.00 bits per heavy atom. The second kappa shape index (κ2) is 7.15. The summed E-state index contributed by atoms with van der Waals surface area (Å²) in [4.78, 5) is 12.7. The molecular formula is C9H16BrF2NO. The fourth-order valence-corrected chi connectivity index (χ4v) is 1.49. The summed E-state index contributed by atoms with van der Waals surface area (Å²) in [5, 5.41) is 0.531. The maximum absolute atomic E-state index is 12.1. The average molecular weight is 272 g/mol. The van der Waals surface area contributed by atoms with E-state index in [1.165, 1.54) is 4.90 Å². The van der Waals surface area contributed by atoms with E-state index in [1.807, 2.05) is 13.8 Å². The van der Waals surface area contributed by atoms with Crippen molar-refractivity contribution in [2.45, 2.75) is 26.7 Å². The van der Waals surface area contributed by atoms with Crippen LogP contribution >= 0.6 is 15.9 Å². The second-order valence-electron chi connectivity index (χ2n) is 3.52. The Labute approximate surface area is 91.8 Å². The molecule has 0 aliphatic rings. The Bertz CT molecular complexity index is 176. The molecule has 0 radical (unpaired) electrons. The molecule has 5 heteroatoms. The lowest BCUT2D eigenvalue weighted by Crippen LogP contribution is -2.37. The van der Waals surface area contributed by atoms with E-state index in [4.69, 9.17) is 0 Å². The largest absolute Gasteiger partial charge is 0.336 e. The summed E-state index contributed by atoms with van der Waals surface area (Å²) in [6.07, 6.45) is -2.12. The highest BCUT2D eigenvalue weighted by molar-refractivity contribution is 9.09. The van der Waals surface area contributed by atoms with Gasteiger partial charge in [-0.25, -0.2) is 8.78 Å². The molecule has 1 amide bonds. The number of nitrogens with zero attached hydrogens (tertiary/aromatic N) is 1. The molecule has 0 spiro atoms. The van der Waals surface area contributed by atoms with Gasteiger partial charge >= 0.3 is 0 Å². The molecule has 0 saturated carbocycles. The van der Waals surface area contributed by atoms with Gasteiger partial charge in [-0.05, 0) is 5.92 Å². The Hall–Kier alpha value is -0.190. The van der Waals surface area contributed by atoms with Crippen LogP contribution in [-0.4, -0.2) is 35.7 Å². The van der Waals surface area contributed by atoms with Crippen LogP contribution in [0.1, 0.15) is 20.3 Å². The molecule has 84 valence electrons. The molecule has 0 unspecified atom stereocenters. The van der Waals surface area contributed by atoms with E-state index in [2.05, 4.69) is 15.9 Å². The van der Waals surface area contributed by atoms with Crippen LogP contribution in [0.2, 0.25) is 0 Å². The van der Waals surface area contributed by atoms with Crippen molar-refractivity contribution in [1.82, 2.24) is 4.90 Å². The SMILES string of the molecule is CC(C)CC(=O)N(CCBr)CC(F)F. The van der Waals surface area contributed by atoms with Gasteiger partial charge < -0.3 is 4.90 Å². The first-order valence-corrected chi connectivity index (χ1v) is 5.71. The summed E-state index contributed by atoms with van der Waals surface area (Å²) < 4.78 is 24.2. The Kier molecular flexibility index (Phi) is 7.05. The molecule has 0 N–H and O–H groups in total. The Morgan fingerprint density at radius 1 is 1.43 bits per heavy atom. The van der Waals surface area contributed by atoms with Crippen LogP contribution in [0, 0.1) is 5.92 Å².